The zero-order chi connectivity index (χ0) is 35.5. The third kappa shape index (κ3) is 18.1. The molecule has 48 heavy (non-hydrogen) atoms. The molecule has 1 fully saturated rings. The van der Waals surface area contributed by atoms with Crippen molar-refractivity contribution in [2.24, 2.45) is 5.73 Å². The molecular weight excluding hydrogens is 610 g/mol. The maximum atomic E-state index is 13.7. The van der Waals surface area contributed by atoms with Gasteiger partial charge in [-0.25, -0.2) is 0 Å². The molecule has 0 aliphatic carbocycles. The molecule has 0 aromatic carbocycles. The number of amides is 2. The number of nitrogens with zero attached hydrogens (tertiary/aromatic N) is 1. The molecule has 1 saturated heterocycles. The predicted molar refractivity (Wildman–Crippen MR) is 193 cm³/mol. The summed E-state index contributed by atoms with van der Waals surface area (Å²) in [5, 5.41) is 45.2. The van der Waals surface area contributed by atoms with Crippen molar-refractivity contribution in [2.45, 2.75) is 211 Å². The Labute approximate surface area is 292 Å². The number of hydrogen-bond donors (Lipinski definition) is 6. The summed E-state index contributed by atoms with van der Waals surface area (Å²) in [4.78, 5) is 27.3. The van der Waals surface area contributed by atoms with Gasteiger partial charge in [0.15, 0.2) is 6.23 Å². The molecule has 2 amide bonds. The smallest absolute Gasteiger partial charge is 0.236 e. The van der Waals surface area contributed by atoms with Gasteiger partial charge in [-0.05, 0) is 12.8 Å². The normalized spacial score (nSPS) is 22.6. The molecule has 0 unspecified atom stereocenters. The molecule has 7 N–H and O–H groups in total. The fourth-order valence-electron chi connectivity index (χ4n) is 6.77. The zero-order valence-electron chi connectivity index (χ0n) is 30.9. The van der Waals surface area contributed by atoms with E-state index in [0.29, 0.717) is 12.8 Å². The van der Waals surface area contributed by atoms with Crippen LogP contribution in [0.2, 0.25) is 0 Å². The first-order valence-electron chi connectivity index (χ1n) is 19.9. The molecule has 1 aliphatic heterocycles. The van der Waals surface area contributed by atoms with Gasteiger partial charge in [0.25, 0.3) is 0 Å². The molecule has 0 aromatic heterocycles. The van der Waals surface area contributed by atoms with Crippen LogP contribution in [0, 0.1) is 0 Å². The third-order valence-electron chi connectivity index (χ3n) is 9.89. The van der Waals surface area contributed by atoms with Crippen LogP contribution in [0.25, 0.3) is 0 Å². The van der Waals surface area contributed by atoms with Crippen molar-refractivity contribution in [2.75, 3.05) is 19.7 Å². The Morgan fingerprint density at radius 1 is 0.688 bits per heavy atom. The highest BCUT2D eigenvalue weighted by molar-refractivity contribution is 5.79. The summed E-state index contributed by atoms with van der Waals surface area (Å²) in [6.45, 7) is 3.62. The summed E-state index contributed by atoms with van der Waals surface area (Å²) in [6.07, 6.45) is 23.5. The molecule has 1 aliphatic rings. The summed E-state index contributed by atoms with van der Waals surface area (Å²) >= 11 is 0. The minimum Gasteiger partial charge on any atom is -0.394 e. The number of ether oxygens (including phenoxy) is 1. The van der Waals surface area contributed by atoms with Crippen LogP contribution in [0.5, 0.6) is 0 Å². The van der Waals surface area contributed by atoms with Gasteiger partial charge in [0, 0.05) is 13.0 Å². The predicted octanol–water partition coefficient (Wildman–Crippen LogP) is 6.20. The molecule has 0 spiro atoms. The SMILES string of the molecule is CCCCCCCCCCCCCCCCCCN(C(=O)CCCCCCCCCCC)[C@@H]1O[C@H](CO)[C@@H](O)[C@H](O)[C@]1(O)NC(=O)CN. The van der Waals surface area contributed by atoms with Crippen LogP contribution in [0.4, 0.5) is 0 Å². The highest BCUT2D eigenvalue weighted by Crippen LogP contribution is 2.32. The highest BCUT2D eigenvalue weighted by Gasteiger charge is 2.58. The zero-order valence-corrected chi connectivity index (χ0v) is 30.9. The molecule has 0 aromatic rings. The molecule has 0 saturated carbocycles. The summed E-state index contributed by atoms with van der Waals surface area (Å²) in [5.74, 6) is -1.03. The number of nitrogens with two attached hydrogens (primary N) is 1. The van der Waals surface area contributed by atoms with E-state index in [-0.39, 0.29) is 18.9 Å². The van der Waals surface area contributed by atoms with Crippen molar-refractivity contribution >= 4 is 11.8 Å². The van der Waals surface area contributed by atoms with Crippen molar-refractivity contribution in [3.63, 3.8) is 0 Å². The van der Waals surface area contributed by atoms with E-state index in [9.17, 15) is 30.0 Å². The van der Waals surface area contributed by atoms with Crippen molar-refractivity contribution in [3.8, 4) is 0 Å². The van der Waals surface area contributed by atoms with Gasteiger partial charge in [0.2, 0.25) is 17.5 Å². The Bertz CT molecular complexity index is 804. The summed E-state index contributed by atoms with van der Waals surface area (Å²) in [5.41, 5.74) is 2.98. The van der Waals surface area contributed by atoms with E-state index in [1.165, 1.54) is 114 Å². The van der Waals surface area contributed by atoms with Crippen molar-refractivity contribution in [1.29, 1.82) is 0 Å². The topological polar surface area (TPSA) is 166 Å². The fraction of sp³-hybridized carbons (Fsp3) is 0.947. The Kier molecular flexibility index (Phi) is 26.5. The lowest BCUT2D eigenvalue weighted by atomic mass is 9.91. The van der Waals surface area contributed by atoms with Gasteiger partial charge in [-0.1, -0.05) is 162 Å². The lowest BCUT2D eigenvalue weighted by Crippen LogP contribution is -2.77. The maximum Gasteiger partial charge on any atom is 0.236 e. The summed E-state index contributed by atoms with van der Waals surface area (Å²) < 4.78 is 5.87. The van der Waals surface area contributed by atoms with Crippen LogP contribution in [-0.2, 0) is 14.3 Å². The minimum atomic E-state index is -2.50. The second kappa shape index (κ2) is 28.4. The first-order chi connectivity index (χ1) is 23.3. The molecule has 5 atom stereocenters. The van der Waals surface area contributed by atoms with Crippen LogP contribution in [0.15, 0.2) is 0 Å². The van der Waals surface area contributed by atoms with E-state index in [4.69, 9.17) is 10.5 Å². The van der Waals surface area contributed by atoms with Gasteiger partial charge in [-0.2, -0.15) is 0 Å². The van der Waals surface area contributed by atoms with E-state index < -0.39 is 49.3 Å². The third-order valence-corrected chi connectivity index (χ3v) is 9.89. The van der Waals surface area contributed by atoms with Gasteiger partial charge >= 0.3 is 0 Å². The molecule has 10 heteroatoms. The van der Waals surface area contributed by atoms with Gasteiger partial charge in [0.1, 0.15) is 18.3 Å². The lowest BCUT2D eigenvalue weighted by molar-refractivity contribution is -0.311. The molecular formula is C38H75N3O7. The van der Waals surface area contributed by atoms with Crippen molar-refractivity contribution in [1.82, 2.24) is 10.2 Å². The van der Waals surface area contributed by atoms with Crippen LogP contribution in [0.1, 0.15) is 181 Å². The van der Waals surface area contributed by atoms with E-state index >= 15 is 0 Å². The molecule has 0 bridgehead atoms. The van der Waals surface area contributed by atoms with E-state index in [1.807, 2.05) is 0 Å². The lowest BCUT2D eigenvalue weighted by Gasteiger charge is -2.51. The fourth-order valence-corrected chi connectivity index (χ4v) is 6.77. The second-order valence-electron chi connectivity index (χ2n) is 14.2. The molecule has 10 nitrogen and oxygen atoms in total. The van der Waals surface area contributed by atoms with E-state index in [2.05, 4.69) is 19.2 Å². The number of aliphatic hydroxyl groups excluding tert-OH is 3. The van der Waals surface area contributed by atoms with Crippen LogP contribution in [0.3, 0.4) is 0 Å². The van der Waals surface area contributed by atoms with Crippen molar-refractivity contribution < 1.29 is 34.8 Å². The Balaban J connectivity index is 2.63. The number of carbonyl (C=O) groups excluding carboxylic acids is 2. The first-order valence-corrected chi connectivity index (χ1v) is 19.9. The summed E-state index contributed by atoms with van der Waals surface area (Å²) in [6, 6.07) is 0. The van der Waals surface area contributed by atoms with Crippen LogP contribution < -0.4 is 11.1 Å². The monoisotopic (exact) mass is 686 g/mol. The highest BCUT2D eigenvalue weighted by atomic mass is 16.6. The Morgan fingerprint density at radius 2 is 1.08 bits per heavy atom. The van der Waals surface area contributed by atoms with E-state index in [0.717, 1.165) is 38.5 Å². The minimum absolute atomic E-state index is 0.234. The summed E-state index contributed by atoms with van der Waals surface area (Å²) in [7, 11) is 0. The van der Waals surface area contributed by atoms with Crippen LogP contribution in [-0.4, -0.2) is 87.1 Å². The maximum absolute atomic E-state index is 13.7. The largest absolute Gasteiger partial charge is 0.394 e. The molecule has 1 rings (SSSR count). The van der Waals surface area contributed by atoms with Gasteiger partial charge < -0.3 is 41.1 Å². The number of rotatable bonds is 31. The van der Waals surface area contributed by atoms with Gasteiger partial charge in [-0.15, -0.1) is 0 Å². The van der Waals surface area contributed by atoms with Gasteiger partial charge in [0.05, 0.1) is 13.2 Å². The van der Waals surface area contributed by atoms with Crippen LogP contribution >= 0.6 is 0 Å². The molecule has 284 valence electrons. The average molecular weight is 686 g/mol. The number of nitrogens with one attached hydrogen (secondary N) is 1. The first kappa shape index (κ1) is 44.7. The number of hydrogen-bond acceptors (Lipinski definition) is 8. The molecule has 1 heterocycles. The number of unbranched alkanes of at least 4 members (excludes halogenated alkanes) is 23. The number of carbonyl (C=O) groups is 2. The van der Waals surface area contributed by atoms with Crippen molar-refractivity contribution in [3.05, 3.63) is 0 Å². The molecule has 0 radical (unpaired) electrons. The van der Waals surface area contributed by atoms with Gasteiger partial charge in [-0.3, -0.25) is 9.59 Å². The standard InChI is InChI=1S/C38H75N3O7/c1-3-5-7-9-11-13-14-15-16-17-18-19-21-23-25-27-29-41(34(44)28-26-24-22-20-12-10-8-6-4-2)37-38(47,40-33(43)30-39)36(46)35(45)32(31-42)48-37/h32,35-37,42,45-47H,3-31,39H2,1-2H3,(H,40,43)/t32-,35-,36+,37-,38-/m1/s1. The number of aliphatic hydroxyl groups is 4. The quantitative estimate of drug-likeness (QED) is 0.0371. The Hall–Kier alpha value is -1.30. The average Bonchev–Trinajstić information content (AvgIpc) is 3.08. The van der Waals surface area contributed by atoms with E-state index in [1.54, 1.807) is 0 Å². The second-order valence-corrected chi connectivity index (χ2v) is 14.2. The Morgan fingerprint density at radius 3 is 1.48 bits per heavy atom.